The predicted octanol–water partition coefficient (Wildman–Crippen LogP) is 4.93. The molecule has 1 aromatic carbocycles. The summed E-state index contributed by atoms with van der Waals surface area (Å²) in [7, 11) is 4.25. The topological polar surface area (TPSA) is 118 Å². The Balaban J connectivity index is 1.58. The molecule has 0 unspecified atom stereocenters. The van der Waals surface area contributed by atoms with Crippen LogP contribution >= 0.6 is 0 Å². The van der Waals surface area contributed by atoms with Crippen LogP contribution in [0.15, 0.2) is 24.4 Å². The van der Waals surface area contributed by atoms with Crippen LogP contribution in [0.2, 0.25) is 0 Å². The molecule has 0 radical (unpaired) electrons. The fourth-order valence-electron chi connectivity index (χ4n) is 4.50. The molecule has 1 amide bonds. The Kier molecular flexibility index (Phi) is 8.03. The molecular weight excluding hydrogens is 468 g/mol. The van der Waals surface area contributed by atoms with Crippen LogP contribution in [0, 0.1) is 11.3 Å². The number of carbonyl (C=O) groups is 1. The lowest BCUT2D eigenvalue weighted by atomic mass is 9.93. The highest BCUT2D eigenvalue weighted by Gasteiger charge is 2.23. The molecule has 2 aliphatic rings. The minimum absolute atomic E-state index is 0.329. The molecule has 0 bridgehead atoms. The molecular formula is C27H38N8O2. The average Bonchev–Trinajstić information content (AvgIpc) is 2.81. The van der Waals surface area contributed by atoms with Crippen LogP contribution in [0.5, 0.6) is 0 Å². The maximum absolute atomic E-state index is 12.7. The maximum Gasteiger partial charge on any atom is 0.412 e. The molecule has 1 saturated carbocycles. The third-order valence-corrected chi connectivity index (χ3v) is 6.80. The predicted molar refractivity (Wildman–Crippen MR) is 147 cm³/mol. The summed E-state index contributed by atoms with van der Waals surface area (Å²) in [6.45, 7) is 7.38. The lowest BCUT2D eigenvalue weighted by Crippen LogP contribution is -2.42. The zero-order valence-corrected chi connectivity index (χ0v) is 22.5. The van der Waals surface area contributed by atoms with Gasteiger partial charge in [-0.2, -0.15) is 10.2 Å². The number of nitriles is 1. The Labute approximate surface area is 219 Å². The SMILES string of the molecule is CN(C)C1CCN(c2ccc(Nc3ncc(C#N)c(NC4CCC4)n3)c(NC(=O)OC(C)(C)C)c2)CC1. The molecule has 1 saturated heterocycles. The highest BCUT2D eigenvalue weighted by atomic mass is 16.6. The third-order valence-electron chi connectivity index (χ3n) is 6.80. The first-order valence-corrected chi connectivity index (χ1v) is 13.0. The Morgan fingerprint density at radius 1 is 1.16 bits per heavy atom. The average molecular weight is 507 g/mol. The molecule has 2 fully saturated rings. The van der Waals surface area contributed by atoms with Gasteiger partial charge in [0.2, 0.25) is 5.95 Å². The van der Waals surface area contributed by atoms with Crippen LogP contribution in [0.3, 0.4) is 0 Å². The highest BCUT2D eigenvalue weighted by molar-refractivity contribution is 5.91. The van der Waals surface area contributed by atoms with Gasteiger partial charge in [-0.1, -0.05) is 0 Å². The van der Waals surface area contributed by atoms with E-state index in [0.29, 0.717) is 40.8 Å². The van der Waals surface area contributed by atoms with Gasteiger partial charge in [0.05, 0.1) is 17.6 Å². The number of anilines is 5. The molecule has 1 aliphatic carbocycles. The lowest BCUT2D eigenvalue weighted by molar-refractivity contribution is 0.0636. The van der Waals surface area contributed by atoms with Crippen molar-refractivity contribution in [3.8, 4) is 6.07 Å². The first kappa shape index (κ1) is 26.5. The number of benzene rings is 1. The number of hydrogen-bond donors (Lipinski definition) is 3. The second-order valence-electron chi connectivity index (χ2n) is 11.0. The minimum Gasteiger partial charge on any atom is -0.444 e. The Morgan fingerprint density at radius 2 is 1.89 bits per heavy atom. The number of aromatic nitrogens is 2. The van der Waals surface area contributed by atoms with E-state index in [1.54, 1.807) is 0 Å². The van der Waals surface area contributed by atoms with Crippen LogP contribution < -0.4 is 20.9 Å². The Hall–Kier alpha value is -3.58. The van der Waals surface area contributed by atoms with E-state index in [2.05, 4.69) is 55.9 Å². The van der Waals surface area contributed by atoms with Gasteiger partial charge in [0.1, 0.15) is 23.1 Å². The van der Waals surface area contributed by atoms with Crippen molar-refractivity contribution in [2.45, 2.75) is 70.6 Å². The van der Waals surface area contributed by atoms with E-state index in [1.807, 2.05) is 39.0 Å². The lowest BCUT2D eigenvalue weighted by Gasteiger charge is -2.36. The normalized spacial score (nSPS) is 16.6. The van der Waals surface area contributed by atoms with Crippen molar-refractivity contribution in [3.05, 3.63) is 30.0 Å². The number of rotatable bonds is 7. The van der Waals surface area contributed by atoms with E-state index < -0.39 is 11.7 Å². The van der Waals surface area contributed by atoms with E-state index in [1.165, 1.54) is 12.6 Å². The monoisotopic (exact) mass is 506 g/mol. The third kappa shape index (κ3) is 7.01. The second-order valence-corrected chi connectivity index (χ2v) is 11.0. The highest BCUT2D eigenvalue weighted by Crippen LogP contribution is 2.32. The first-order valence-electron chi connectivity index (χ1n) is 13.0. The van der Waals surface area contributed by atoms with Gasteiger partial charge in [0.15, 0.2) is 0 Å². The molecule has 37 heavy (non-hydrogen) atoms. The molecule has 198 valence electrons. The number of hydrogen-bond acceptors (Lipinski definition) is 9. The fraction of sp³-hybridized carbons (Fsp3) is 0.556. The van der Waals surface area contributed by atoms with Crippen LogP contribution in [0.25, 0.3) is 0 Å². The zero-order chi connectivity index (χ0) is 26.6. The van der Waals surface area contributed by atoms with E-state index in [0.717, 1.165) is 44.5 Å². The van der Waals surface area contributed by atoms with Crippen molar-refractivity contribution in [1.82, 2.24) is 14.9 Å². The summed E-state index contributed by atoms with van der Waals surface area (Å²) < 4.78 is 5.51. The molecule has 0 atom stereocenters. The van der Waals surface area contributed by atoms with Gasteiger partial charge >= 0.3 is 6.09 Å². The number of nitrogens with zero attached hydrogens (tertiary/aromatic N) is 5. The van der Waals surface area contributed by atoms with Gasteiger partial charge < -0.3 is 25.2 Å². The molecule has 4 rings (SSSR count). The molecule has 2 heterocycles. The van der Waals surface area contributed by atoms with Crippen molar-refractivity contribution in [2.75, 3.05) is 48.0 Å². The largest absolute Gasteiger partial charge is 0.444 e. The number of ether oxygens (including phenoxy) is 1. The summed E-state index contributed by atoms with van der Waals surface area (Å²) in [4.78, 5) is 26.2. The van der Waals surface area contributed by atoms with Crippen molar-refractivity contribution < 1.29 is 9.53 Å². The van der Waals surface area contributed by atoms with Gasteiger partial charge in [-0.05, 0) is 85.2 Å². The van der Waals surface area contributed by atoms with Crippen molar-refractivity contribution >= 4 is 34.9 Å². The molecule has 1 aliphatic heterocycles. The molecule has 10 nitrogen and oxygen atoms in total. The number of amides is 1. The van der Waals surface area contributed by atoms with Gasteiger partial charge in [-0.3, -0.25) is 5.32 Å². The Bertz CT molecular complexity index is 1140. The number of piperidine rings is 1. The molecule has 3 N–H and O–H groups in total. The standard InChI is InChI=1S/C27H38N8O2/c1-27(2,3)37-26(36)32-23-15-21(35-13-11-20(12-14-35)34(4)5)9-10-22(23)31-25-29-17-18(16-28)24(33-25)30-19-7-6-8-19/h9-10,15,17,19-20H,6-8,11-14H2,1-5H3,(H,32,36)(H2,29,30,31,33). The summed E-state index contributed by atoms with van der Waals surface area (Å²) in [5.74, 6) is 0.861. The summed E-state index contributed by atoms with van der Waals surface area (Å²) in [5, 5.41) is 19.0. The van der Waals surface area contributed by atoms with E-state index >= 15 is 0 Å². The summed E-state index contributed by atoms with van der Waals surface area (Å²) in [6.07, 6.45) is 6.45. The summed E-state index contributed by atoms with van der Waals surface area (Å²) in [5.41, 5.74) is 2.02. The van der Waals surface area contributed by atoms with Gasteiger partial charge in [-0.25, -0.2) is 9.78 Å². The van der Waals surface area contributed by atoms with Gasteiger partial charge in [0.25, 0.3) is 0 Å². The molecule has 10 heteroatoms. The van der Waals surface area contributed by atoms with Gasteiger partial charge in [-0.15, -0.1) is 0 Å². The van der Waals surface area contributed by atoms with Crippen molar-refractivity contribution in [2.24, 2.45) is 0 Å². The van der Waals surface area contributed by atoms with Crippen LogP contribution in [-0.4, -0.2) is 65.8 Å². The zero-order valence-electron chi connectivity index (χ0n) is 22.5. The van der Waals surface area contributed by atoms with E-state index in [4.69, 9.17) is 4.74 Å². The summed E-state index contributed by atoms with van der Waals surface area (Å²) >= 11 is 0. The fourth-order valence-corrected chi connectivity index (χ4v) is 4.50. The van der Waals surface area contributed by atoms with Gasteiger partial charge in [0, 0.05) is 30.9 Å². The van der Waals surface area contributed by atoms with E-state index in [9.17, 15) is 10.1 Å². The smallest absolute Gasteiger partial charge is 0.412 e. The van der Waals surface area contributed by atoms with E-state index in [-0.39, 0.29) is 0 Å². The molecule has 0 spiro atoms. The molecule has 2 aromatic rings. The van der Waals surface area contributed by atoms with Crippen LogP contribution in [0.1, 0.15) is 58.4 Å². The summed E-state index contributed by atoms with van der Waals surface area (Å²) in [6, 6.07) is 8.97. The minimum atomic E-state index is -0.623. The number of carbonyl (C=O) groups excluding carboxylic acids is 1. The Morgan fingerprint density at radius 3 is 2.49 bits per heavy atom. The first-order chi connectivity index (χ1) is 17.6. The maximum atomic E-state index is 12.7. The quantitative estimate of drug-likeness (QED) is 0.480. The van der Waals surface area contributed by atoms with Crippen molar-refractivity contribution in [3.63, 3.8) is 0 Å². The number of nitrogens with one attached hydrogen (secondary N) is 3. The molecule has 1 aromatic heterocycles. The van der Waals surface area contributed by atoms with Crippen molar-refractivity contribution in [1.29, 1.82) is 5.26 Å². The van der Waals surface area contributed by atoms with Crippen LogP contribution in [-0.2, 0) is 4.74 Å². The second kappa shape index (κ2) is 11.2. The van der Waals surface area contributed by atoms with Crippen LogP contribution in [0.4, 0.5) is 33.6 Å².